The number of rotatable bonds is 7. The molecule has 1 amide bonds. The lowest BCUT2D eigenvalue weighted by Crippen LogP contribution is -2.51. The number of nitrogens with zero attached hydrogens (tertiary/aromatic N) is 1. The van der Waals surface area contributed by atoms with Crippen molar-refractivity contribution in [1.29, 1.82) is 0 Å². The van der Waals surface area contributed by atoms with Gasteiger partial charge in [-0.3, -0.25) is 4.79 Å². The molecule has 130 valence electrons. The van der Waals surface area contributed by atoms with Crippen LogP contribution >= 0.6 is 12.4 Å². The summed E-state index contributed by atoms with van der Waals surface area (Å²) in [5, 5.41) is 3.31. The normalized spacial score (nSPS) is 16.3. The SMILES string of the molecule is COCC1(C(=O)N(C)CCOc2ccccc2)CCNCC1.Cl. The summed E-state index contributed by atoms with van der Waals surface area (Å²) in [4.78, 5) is 14.6. The van der Waals surface area contributed by atoms with Crippen LogP contribution in [0.1, 0.15) is 12.8 Å². The van der Waals surface area contributed by atoms with E-state index in [1.807, 2.05) is 37.4 Å². The number of carbonyl (C=O) groups excluding carboxylic acids is 1. The third-order valence-corrected chi connectivity index (χ3v) is 4.22. The van der Waals surface area contributed by atoms with E-state index in [-0.39, 0.29) is 23.7 Å². The summed E-state index contributed by atoms with van der Waals surface area (Å²) in [5.74, 6) is 0.990. The maximum Gasteiger partial charge on any atom is 0.231 e. The zero-order valence-corrected chi connectivity index (χ0v) is 14.7. The predicted molar refractivity (Wildman–Crippen MR) is 93.2 cm³/mol. The number of methoxy groups -OCH3 is 1. The number of carbonyl (C=O) groups is 1. The molecule has 1 N–H and O–H groups in total. The summed E-state index contributed by atoms with van der Waals surface area (Å²) in [6.07, 6.45) is 1.65. The van der Waals surface area contributed by atoms with Crippen LogP contribution in [0, 0.1) is 5.41 Å². The Morgan fingerprint density at radius 2 is 1.91 bits per heavy atom. The first-order chi connectivity index (χ1) is 10.7. The summed E-state index contributed by atoms with van der Waals surface area (Å²) < 4.78 is 11.0. The second kappa shape index (κ2) is 9.75. The molecule has 1 aliphatic heterocycles. The summed E-state index contributed by atoms with van der Waals surface area (Å²) in [6.45, 7) is 3.28. The van der Waals surface area contributed by atoms with Crippen LogP contribution < -0.4 is 10.1 Å². The van der Waals surface area contributed by atoms with Crippen molar-refractivity contribution in [3.05, 3.63) is 30.3 Å². The molecule has 1 aromatic rings. The number of benzene rings is 1. The number of likely N-dealkylation sites (N-methyl/N-ethyl adjacent to an activating group) is 1. The van der Waals surface area contributed by atoms with E-state index in [2.05, 4.69) is 5.32 Å². The molecule has 0 aliphatic carbocycles. The molecule has 0 unspecified atom stereocenters. The van der Waals surface area contributed by atoms with Crippen LogP contribution in [-0.4, -0.2) is 57.8 Å². The maximum atomic E-state index is 12.8. The number of piperidine rings is 1. The molecule has 0 bridgehead atoms. The quantitative estimate of drug-likeness (QED) is 0.823. The molecular weight excluding hydrogens is 316 g/mol. The highest BCUT2D eigenvalue weighted by Gasteiger charge is 2.41. The van der Waals surface area contributed by atoms with Gasteiger partial charge in [-0.2, -0.15) is 0 Å². The smallest absolute Gasteiger partial charge is 0.231 e. The highest BCUT2D eigenvalue weighted by molar-refractivity contribution is 5.85. The van der Waals surface area contributed by atoms with Crippen molar-refractivity contribution in [3.63, 3.8) is 0 Å². The molecular formula is C17H27ClN2O3. The average molecular weight is 343 g/mol. The van der Waals surface area contributed by atoms with Crippen LogP contribution in [0.15, 0.2) is 30.3 Å². The molecule has 0 spiro atoms. The average Bonchev–Trinajstić information content (AvgIpc) is 2.56. The Hall–Kier alpha value is -1.30. The Morgan fingerprint density at radius 1 is 1.26 bits per heavy atom. The van der Waals surface area contributed by atoms with E-state index >= 15 is 0 Å². The molecule has 0 saturated carbocycles. The highest BCUT2D eigenvalue weighted by atomic mass is 35.5. The molecule has 5 nitrogen and oxygen atoms in total. The molecule has 1 fully saturated rings. The fraction of sp³-hybridized carbons (Fsp3) is 0.588. The molecule has 0 aromatic heterocycles. The third kappa shape index (κ3) is 5.37. The lowest BCUT2D eigenvalue weighted by molar-refractivity contribution is -0.146. The Labute approximate surface area is 144 Å². The van der Waals surface area contributed by atoms with Gasteiger partial charge in [0.25, 0.3) is 0 Å². The number of halogens is 1. The fourth-order valence-electron chi connectivity index (χ4n) is 2.93. The minimum atomic E-state index is -0.387. The zero-order valence-electron chi connectivity index (χ0n) is 13.9. The minimum absolute atomic E-state index is 0. The van der Waals surface area contributed by atoms with Crippen molar-refractivity contribution in [2.24, 2.45) is 5.41 Å². The third-order valence-electron chi connectivity index (χ3n) is 4.22. The lowest BCUT2D eigenvalue weighted by Gasteiger charge is -2.38. The van der Waals surface area contributed by atoms with Gasteiger partial charge in [0, 0.05) is 14.2 Å². The fourth-order valence-corrected chi connectivity index (χ4v) is 2.93. The highest BCUT2D eigenvalue weighted by Crippen LogP contribution is 2.31. The molecule has 1 aliphatic rings. The number of ether oxygens (including phenoxy) is 2. The maximum absolute atomic E-state index is 12.8. The van der Waals surface area contributed by atoms with E-state index in [0.29, 0.717) is 19.8 Å². The van der Waals surface area contributed by atoms with Gasteiger partial charge in [-0.15, -0.1) is 12.4 Å². The standard InChI is InChI=1S/C17H26N2O3.ClH/c1-19(12-13-22-15-6-4-3-5-7-15)16(20)17(14-21-2)8-10-18-11-9-17;/h3-7,18H,8-14H2,1-2H3;1H. The predicted octanol–water partition coefficient (Wildman–Crippen LogP) is 1.96. The van der Waals surface area contributed by atoms with Gasteiger partial charge in [0.05, 0.1) is 18.6 Å². The minimum Gasteiger partial charge on any atom is -0.492 e. The first kappa shape index (κ1) is 19.7. The van der Waals surface area contributed by atoms with E-state index in [9.17, 15) is 4.79 Å². The first-order valence-corrected chi connectivity index (χ1v) is 7.81. The van der Waals surface area contributed by atoms with Crippen LogP contribution in [0.3, 0.4) is 0 Å². The first-order valence-electron chi connectivity index (χ1n) is 7.81. The van der Waals surface area contributed by atoms with E-state index in [0.717, 1.165) is 31.7 Å². The van der Waals surface area contributed by atoms with Crippen molar-refractivity contribution in [2.75, 3.05) is 47.0 Å². The number of nitrogens with one attached hydrogen (secondary N) is 1. The molecule has 6 heteroatoms. The number of amides is 1. The van der Waals surface area contributed by atoms with Gasteiger partial charge in [0.15, 0.2) is 0 Å². The van der Waals surface area contributed by atoms with E-state index < -0.39 is 0 Å². The van der Waals surface area contributed by atoms with Crippen molar-refractivity contribution < 1.29 is 14.3 Å². The Morgan fingerprint density at radius 3 is 2.52 bits per heavy atom. The lowest BCUT2D eigenvalue weighted by atomic mass is 9.78. The summed E-state index contributed by atoms with van der Waals surface area (Å²) in [6, 6.07) is 9.66. The van der Waals surface area contributed by atoms with Crippen molar-refractivity contribution in [1.82, 2.24) is 10.2 Å². The second-order valence-electron chi connectivity index (χ2n) is 5.85. The Kier molecular flexibility index (Phi) is 8.37. The van der Waals surface area contributed by atoms with Crippen LogP contribution in [0.4, 0.5) is 0 Å². The second-order valence-corrected chi connectivity index (χ2v) is 5.85. The summed E-state index contributed by atoms with van der Waals surface area (Å²) in [5.41, 5.74) is -0.387. The molecule has 1 saturated heterocycles. The number of hydrogen-bond acceptors (Lipinski definition) is 4. The Bertz CT molecular complexity index is 459. The van der Waals surface area contributed by atoms with E-state index in [1.54, 1.807) is 12.0 Å². The van der Waals surface area contributed by atoms with Crippen LogP contribution in [0.2, 0.25) is 0 Å². The molecule has 2 rings (SSSR count). The van der Waals surface area contributed by atoms with Gasteiger partial charge < -0.3 is 19.7 Å². The van der Waals surface area contributed by atoms with Gasteiger partial charge in [0.1, 0.15) is 12.4 Å². The van der Waals surface area contributed by atoms with E-state index in [1.165, 1.54) is 0 Å². The van der Waals surface area contributed by atoms with Gasteiger partial charge in [-0.05, 0) is 38.1 Å². The largest absolute Gasteiger partial charge is 0.492 e. The molecule has 1 heterocycles. The summed E-state index contributed by atoms with van der Waals surface area (Å²) in [7, 11) is 3.51. The van der Waals surface area contributed by atoms with E-state index in [4.69, 9.17) is 9.47 Å². The molecule has 0 atom stereocenters. The van der Waals surface area contributed by atoms with Crippen LogP contribution in [0.5, 0.6) is 5.75 Å². The molecule has 1 aromatic carbocycles. The topological polar surface area (TPSA) is 50.8 Å². The summed E-state index contributed by atoms with van der Waals surface area (Å²) >= 11 is 0. The van der Waals surface area contributed by atoms with Crippen molar-refractivity contribution in [3.8, 4) is 5.75 Å². The van der Waals surface area contributed by atoms with Crippen molar-refractivity contribution >= 4 is 18.3 Å². The molecule has 23 heavy (non-hydrogen) atoms. The van der Waals surface area contributed by atoms with Gasteiger partial charge in [0.2, 0.25) is 5.91 Å². The number of para-hydroxylation sites is 1. The van der Waals surface area contributed by atoms with Gasteiger partial charge in [-0.1, -0.05) is 18.2 Å². The molecule has 0 radical (unpaired) electrons. The zero-order chi connectivity index (χ0) is 15.8. The van der Waals surface area contributed by atoms with Crippen LogP contribution in [-0.2, 0) is 9.53 Å². The van der Waals surface area contributed by atoms with Gasteiger partial charge in [-0.25, -0.2) is 0 Å². The monoisotopic (exact) mass is 342 g/mol. The van der Waals surface area contributed by atoms with Crippen LogP contribution in [0.25, 0.3) is 0 Å². The Balaban J connectivity index is 0.00000264. The number of hydrogen-bond donors (Lipinski definition) is 1. The van der Waals surface area contributed by atoms with Crippen molar-refractivity contribution in [2.45, 2.75) is 12.8 Å². The van der Waals surface area contributed by atoms with Gasteiger partial charge >= 0.3 is 0 Å².